The van der Waals surface area contributed by atoms with Crippen LogP contribution in [0, 0.1) is 10.1 Å². The lowest BCUT2D eigenvalue weighted by molar-refractivity contribution is -0.384. The molecule has 17 heavy (non-hydrogen) atoms. The molecule has 0 amide bonds. The number of rotatable bonds is 3. The predicted molar refractivity (Wildman–Crippen MR) is 60.7 cm³/mol. The molecule has 86 valence electrons. The van der Waals surface area contributed by atoms with E-state index in [1.54, 1.807) is 24.5 Å². The van der Waals surface area contributed by atoms with Gasteiger partial charge in [-0.25, -0.2) is 4.98 Å². The molecule has 0 N–H and O–H groups in total. The van der Waals surface area contributed by atoms with Crippen molar-refractivity contribution < 1.29 is 9.66 Å². The van der Waals surface area contributed by atoms with Gasteiger partial charge in [-0.15, -0.1) is 0 Å². The van der Waals surface area contributed by atoms with Crippen LogP contribution < -0.4 is 4.74 Å². The van der Waals surface area contributed by atoms with E-state index in [1.165, 1.54) is 19.2 Å². The monoisotopic (exact) mass is 231 g/mol. The zero-order valence-electron chi connectivity index (χ0n) is 9.03. The van der Waals surface area contributed by atoms with Crippen LogP contribution in [-0.4, -0.2) is 22.0 Å². The van der Waals surface area contributed by atoms with Crippen LogP contribution in [0.15, 0.2) is 36.7 Å². The Morgan fingerprint density at radius 3 is 2.53 bits per heavy atom. The van der Waals surface area contributed by atoms with E-state index in [1.807, 2.05) is 0 Å². The molecule has 0 spiro atoms. The summed E-state index contributed by atoms with van der Waals surface area (Å²) in [5.41, 5.74) is 0.847. The average molecular weight is 231 g/mol. The van der Waals surface area contributed by atoms with Crippen molar-refractivity contribution in [2.45, 2.75) is 0 Å². The fourth-order valence-corrected chi connectivity index (χ4v) is 1.42. The fourth-order valence-electron chi connectivity index (χ4n) is 1.42. The van der Waals surface area contributed by atoms with Gasteiger partial charge in [0, 0.05) is 30.1 Å². The second-order valence-corrected chi connectivity index (χ2v) is 3.21. The van der Waals surface area contributed by atoms with Crippen molar-refractivity contribution in [3.8, 4) is 17.1 Å². The molecule has 2 rings (SSSR count). The Morgan fingerprint density at radius 2 is 1.94 bits per heavy atom. The summed E-state index contributed by atoms with van der Waals surface area (Å²) < 4.78 is 4.96. The SMILES string of the molecule is COc1ccc([N+](=O)[O-])c(-c2ccncc2)n1. The lowest BCUT2D eigenvalue weighted by atomic mass is 10.1. The Balaban J connectivity index is 2.61. The van der Waals surface area contributed by atoms with Crippen molar-refractivity contribution in [1.82, 2.24) is 9.97 Å². The van der Waals surface area contributed by atoms with Crippen LogP contribution in [0.25, 0.3) is 11.3 Å². The van der Waals surface area contributed by atoms with Crippen LogP contribution in [0.2, 0.25) is 0 Å². The molecule has 2 aromatic heterocycles. The smallest absolute Gasteiger partial charge is 0.295 e. The van der Waals surface area contributed by atoms with Crippen LogP contribution in [0.3, 0.4) is 0 Å². The minimum Gasteiger partial charge on any atom is -0.481 e. The van der Waals surface area contributed by atoms with Gasteiger partial charge in [0.25, 0.3) is 5.69 Å². The third-order valence-electron chi connectivity index (χ3n) is 2.21. The summed E-state index contributed by atoms with van der Waals surface area (Å²) in [5, 5.41) is 10.9. The molecular formula is C11H9N3O3. The fraction of sp³-hybridized carbons (Fsp3) is 0.0909. The molecule has 0 saturated carbocycles. The number of pyridine rings is 2. The maximum atomic E-state index is 10.9. The molecule has 0 aliphatic carbocycles. The molecule has 0 aromatic carbocycles. The molecule has 0 bridgehead atoms. The molecule has 0 aliphatic rings. The van der Waals surface area contributed by atoms with Crippen molar-refractivity contribution in [2.75, 3.05) is 7.11 Å². The van der Waals surface area contributed by atoms with E-state index in [-0.39, 0.29) is 11.4 Å². The van der Waals surface area contributed by atoms with E-state index < -0.39 is 4.92 Å². The van der Waals surface area contributed by atoms with Crippen LogP contribution in [0.1, 0.15) is 0 Å². The Labute approximate surface area is 97.1 Å². The number of hydrogen-bond donors (Lipinski definition) is 0. The summed E-state index contributed by atoms with van der Waals surface area (Å²) in [7, 11) is 1.46. The zero-order chi connectivity index (χ0) is 12.3. The highest BCUT2D eigenvalue weighted by Crippen LogP contribution is 2.29. The van der Waals surface area contributed by atoms with E-state index in [9.17, 15) is 10.1 Å². The zero-order valence-corrected chi connectivity index (χ0v) is 9.03. The van der Waals surface area contributed by atoms with Crippen molar-refractivity contribution in [3.05, 3.63) is 46.8 Å². The molecule has 2 heterocycles. The molecule has 0 aliphatic heterocycles. The minimum absolute atomic E-state index is 0.0583. The van der Waals surface area contributed by atoms with Gasteiger partial charge >= 0.3 is 0 Å². The van der Waals surface area contributed by atoms with E-state index in [2.05, 4.69) is 9.97 Å². The second kappa shape index (κ2) is 4.56. The predicted octanol–water partition coefficient (Wildman–Crippen LogP) is 2.06. The molecule has 6 nitrogen and oxygen atoms in total. The van der Waals surface area contributed by atoms with Gasteiger partial charge in [0.1, 0.15) is 0 Å². The van der Waals surface area contributed by atoms with E-state index >= 15 is 0 Å². The molecule has 0 radical (unpaired) electrons. The topological polar surface area (TPSA) is 78.2 Å². The first kappa shape index (κ1) is 11.0. The molecule has 2 aromatic rings. The van der Waals surface area contributed by atoms with Crippen LogP contribution in [0.4, 0.5) is 5.69 Å². The third-order valence-corrected chi connectivity index (χ3v) is 2.21. The first-order valence-electron chi connectivity index (χ1n) is 4.82. The summed E-state index contributed by atoms with van der Waals surface area (Å²) in [4.78, 5) is 18.4. The van der Waals surface area contributed by atoms with Crippen molar-refractivity contribution >= 4 is 5.69 Å². The quantitative estimate of drug-likeness (QED) is 0.596. The van der Waals surface area contributed by atoms with Gasteiger partial charge in [0.05, 0.1) is 12.0 Å². The standard InChI is InChI=1S/C11H9N3O3/c1-17-10-3-2-9(14(15)16)11(13-10)8-4-6-12-7-5-8/h2-7H,1H3. The molecule has 0 atom stereocenters. The van der Waals surface area contributed by atoms with Crippen LogP contribution in [-0.2, 0) is 0 Å². The van der Waals surface area contributed by atoms with Crippen molar-refractivity contribution in [1.29, 1.82) is 0 Å². The highest BCUT2D eigenvalue weighted by atomic mass is 16.6. The first-order valence-corrected chi connectivity index (χ1v) is 4.82. The molecule has 0 unspecified atom stereocenters. The lowest BCUT2D eigenvalue weighted by Crippen LogP contribution is -1.97. The number of nitro groups is 1. The largest absolute Gasteiger partial charge is 0.481 e. The Hall–Kier alpha value is -2.50. The minimum atomic E-state index is -0.470. The van der Waals surface area contributed by atoms with E-state index in [0.717, 1.165) is 0 Å². The van der Waals surface area contributed by atoms with Crippen LogP contribution in [0.5, 0.6) is 5.88 Å². The Kier molecular flexibility index (Phi) is 2.95. The molecule has 0 fully saturated rings. The van der Waals surface area contributed by atoms with Gasteiger partial charge in [-0.1, -0.05) is 0 Å². The summed E-state index contributed by atoms with van der Waals surface area (Å²) in [5.74, 6) is 0.336. The van der Waals surface area contributed by atoms with Crippen LogP contribution >= 0.6 is 0 Å². The maximum Gasteiger partial charge on any atom is 0.295 e. The van der Waals surface area contributed by atoms with Gasteiger partial charge in [-0.2, -0.15) is 0 Å². The highest BCUT2D eigenvalue weighted by Gasteiger charge is 2.17. The average Bonchev–Trinajstić information content (AvgIpc) is 2.39. The molecular weight excluding hydrogens is 222 g/mol. The molecule has 6 heteroatoms. The Morgan fingerprint density at radius 1 is 1.24 bits per heavy atom. The summed E-state index contributed by atoms with van der Waals surface area (Å²) >= 11 is 0. The lowest BCUT2D eigenvalue weighted by Gasteiger charge is -2.04. The number of methoxy groups -OCH3 is 1. The second-order valence-electron chi connectivity index (χ2n) is 3.21. The maximum absolute atomic E-state index is 10.9. The summed E-state index contributed by atoms with van der Waals surface area (Å²) in [6.45, 7) is 0. The van der Waals surface area contributed by atoms with Gasteiger partial charge in [-0.05, 0) is 12.1 Å². The van der Waals surface area contributed by atoms with Gasteiger partial charge in [0.15, 0.2) is 5.69 Å². The first-order chi connectivity index (χ1) is 8.22. The van der Waals surface area contributed by atoms with E-state index in [0.29, 0.717) is 11.4 Å². The third kappa shape index (κ3) is 2.20. The number of ether oxygens (including phenoxy) is 1. The highest BCUT2D eigenvalue weighted by molar-refractivity contribution is 5.69. The Bertz CT molecular complexity index is 543. The molecule has 0 saturated heterocycles. The summed E-state index contributed by atoms with van der Waals surface area (Å²) in [6.07, 6.45) is 3.11. The summed E-state index contributed by atoms with van der Waals surface area (Å²) in [6, 6.07) is 6.16. The number of nitrogens with zero attached hydrogens (tertiary/aromatic N) is 3. The van der Waals surface area contributed by atoms with E-state index in [4.69, 9.17) is 4.74 Å². The number of hydrogen-bond acceptors (Lipinski definition) is 5. The van der Waals surface area contributed by atoms with Gasteiger partial charge < -0.3 is 4.74 Å². The normalized spacial score (nSPS) is 9.94. The van der Waals surface area contributed by atoms with Gasteiger partial charge in [0.2, 0.25) is 5.88 Å². The van der Waals surface area contributed by atoms with Gasteiger partial charge in [-0.3, -0.25) is 15.1 Å². The van der Waals surface area contributed by atoms with Crippen molar-refractivity contribution in [2.24, 2.45) is 0 Å². The number of aromatic nitrogens is 2. The van der Waals surface area contributed by atoms with Crippen molar-refractivity contribution in [3.63, 3.8) is 0 Å².